The minimum atomic E-state index is -0.246. The molecular formula is C10H16N4O2. The van der Waals surface area contributed by atoms with Gasteiger partial charge in [-0.15, -0.1) is 10.2 Å². The Hall–Kier alpha value is -1.69. The first-order valence-corrected chi connectivity index (χ1v) is 5.19. The van der Waals surface area contributed by atoms with Crippen LogP contribution in [-0.2, 0) is 4.74 Å². The highest BCUT2D eigenvalue weighted by Crippen LogP contribution is 1.96. The van der Waals surface area contributed by atoms with E-state index in [2.05, 4.69) is 15.5 Å². The van der Waals surface area contributed by atoms with E-state index in [0.29, 0.717) is 25.6 Å². The predicted molar refractivity (Wildman–Crippen MR) is 59.9 cm³/mol. The summed E-state index contributed by atoms with van der Waals surface area (Å²) in [6.45, 7) is 3.83. The molecule has 0 atom stereocenters. The summed E-state index contributed by atoms with van der Waals surface area (Å²) >= 11 is 0. The maximum Gasteiger partial charge on any atom is 0.271 e. The van der Waals surface area contributed by atoms with Crippen LogP contribution in [0.1, 0.15) is 23.8 Å². The lowest BCUT2D eigenvalue weighted by molar-refractivity contribution is 0.0938. The van der Waals surface area contributed by atoms with Gasteiger partial charge in [-0.05, 0) is 25.5 Å². The monoisotopic (exact) mass is 224 g/mol. The van der Waals surface area contributed by atoms with Gasteiger partial charge in [0.25, 0.3) is 5.91 Å². The highest BCUT2D eigenvalue weighted by molar-refractivity contribution is 5.92. The van der Waals surface area contributed by atoms with Crippen LogP contribution in [0.4, 0.5) is 5.82 Å². The van der Waals surface area contributed by atoms with Crippen molar-refractivity contribution in [3.63, 3.8) is 0 Å². The molecule has 0 saturated carbocycles. The van der Waals surface area contributed by atoms with E-state index < -0.39 is 0 Å². The average molecular weight is 224 g/mol. The number of nitrogen functional groups attached to an aromatic ring is 1. The van der Waals surface area contributed by atoms with Crippen LogP contribution in [-0.4, -0.2) is 35.9 Å². The molecule has 3 N–H and O–H groups in total. The molecule has 0 aliphatic rings. The minimum Gasteiger partial charge on any atom is -0.382 e. The van der Waals surface area contributed by atoms with Crippen molar-refractivity contribution < 1.29 is 9.53 Å². The van der Waals surface area contributed by atoms with Crippen LogP contribution in [0.3, 0.4) is 0 Å². The van der Waals surface area contributed by atoms with Crippen LogP contribution in [0.15, 0.2) is 12.1 Å². The normalized spacial score (nSPS) is 10.1. The first-order chi connectivity index (χ1) is 7.74. The van der Waals surface area contributed by atoms with Crippen molar-refractivity contribution in [2.24, 2.45) is 0 Å². The summed E-state index contributed by atoms with van der Waals surface area (Å²) in [5.41, 5.74) is 5.63. The number of hydrogen-bond acceptors (Lipinski definition) is 5. The molecule has 0 unspecified atom stereocenters. The number of aromatic nitrogens is 2. The van der Waals surface area contributed by atoms with Crippen LogP contribution >= 0.6 is 0 Å². The van der Waals surface area contributed by atoms with Gasteiger partial charge in [0.05, 0.1) is 0 Å². The van der Waals surface area contributed by atoms with Gasteiger partial charge < -0.3 is 15.8 Å². The molecule has 0 aliphatic carbocycles. The average Bonchev–Trinajstić information content (AvgIpc) is 2.29. The number of ether oxygens (including phenoxy) is 1. The number of rotatable bonds is 6. The number of carbonyl (C=O) groups excluding carboxylic acids is 1. The molecule has 0 fully saturated rings. The molecule has 88 valence electrons. The number of carbonyl (C=O) groups is 1. The fourth-order valence-corrected chi connectivity index (χ4v) is 1.07. The quantitative estimate of drug-likeness (QED) is 0.674. The Morgan fingerprint density at radius 1 is 1.50 bits per heavy atom. The molecule has 1 aromatic heterocycles. The molecule has 1 rings (SSSR count). The molecule has 0 bridgehead atoms. The van der Waals surface area contributed by atoms with E-state index in [1.165, 1.54) is 0 Å². The third kappa shape index (κ3) is 4.22. The second-order valence-corrected chi connectivity index (χ2v) is 3.15. The van der Waals surface area contributed by atoms with Crippen molar-refractivity contribution in [3.05, 3.63) is 17.8 Å². The van der Waals surface area contributed by atoms with Crippen LogP contribution in [0.5, 0.6) is 0 Å². The fraction of sp³-hybridized carbons (Fsp3) is 0.500. The molecule has 0 spiro atoms. The number of amides is 1. The van der Waals surface area contributed by atoms with E-state index in [4.69, 9.17) is 10.5 Å². The molecule has 0 saturated heterocycles. The molecule has 6 heteroatoms. The lowest BCUT2D eigenvalue weighted by Crippen LogP contribution is -2.26. The lowest BCUT2D eigenvalue weighted by atomic mass is 10.3. The number of hydrogen-bond donors (Lipinski definition) is 2. The number of nitrogens with two attached hydrogens (primary N) is 1. The standard InChI is InChI=1S/C10H16N4O2/c1-2-16-7-3-6-12-10(15)8-4-5-9(11)14-13-8/h4-5H,2-3,6-7H2,1H3,(H2,11,14)(H,12,15). The van der Waals surface area contributed by atoms with Gasteiger partial charge >= 0.3 is 0 Å². The summed E-state index contributed by atoms with van der Waals surface area (Å²) in [5.74, 6) is 0.0527. The first kappa shape index (κ1) is 12.4. The van der Waals surface area contributed by atoms with Crippen molar-refractivity contribution in [2.45, 2.75) is 13.3 Å². The number of nitrogens with one attached hydrogen (secondary N) is 1. The Kier molecular flexibility index (Phi) is 5.21. The van der Waals surface area contributed by atoms with Gasteiger partial charge in [-0.1, -0.05) is 0 Å². The van der Waals surface area contributed by atoms with Gasteiger partial charge in [0.1, 0.15) is 5.82 Å². The SMILES string of the molecule is CCOCCCNC(=O)c1ccc(N)nn1. The predicted octanol–water partition coefficient (Wildman–Crippen LogP) is 0.215. The second kappa shape index (κ2) is 6.73. The Labute approximate surface area is 94.2 Å². The van der Waals surface area contributed by atoms with Gasteiger partial charge in [-0.25, -0.2) is 0 Å². The van der Waals surface area contributed by atoms with Gasteiger partial charge in [-0.3, -0.25) is 4.79 Å². The van der Waals surface area contributed by atoms with Gasteiger partial charge in [0.15, 0.2) is 5.69 Å². The molecular weight excluding hydrogens is 208 g/mol. The zero-order chi connectivity index (χ0) is 11.8. The molecule has 0 aliphatic heterocycles. The Morgan fingerprint density at radius 2 is 2.31 bits per heavy atom. The largest absolute Gasteiger partial charge is 0.382 e. The third-order valence-corrected chi connectivity index (χ3v) is 1.87. The maximum absolute atomic E-state index is 11.5. The highest BCUT2D eigenvalue weighted by Gasteiger charge is 2.06. The smallest absolute Gasteiger partial charge is 0.271 e. The van der Waals surface area contributed by atoms with E-state index in [0.717, 1.165) is 6.42 Å². The molecule has 16 heavy (non-hydrogen) atoms. The second-order valence-electron chi connectivity index (χ2n) is 3.15. The molecule has 0 aromatic carbocycles. The topological polar surface area (TPSA) is 90.1 Å². The van der Waals surface area contributed by atoms with Crippen molar-refractivity contribution in [1.82, 2.24) is 15.5 Å². The van der Waals surface area contributed by atoms with Gasteiger partial charge in [-0.2, -0.15) is 0 Å². The van der Waals surface area contributed by atoms with Crippen molar-refractivity contribution in [2.75, 3.05) is 25.5 Å². The van der Waals surface area contributed by atoms with Gasteiger partial charge in [0.2, 0.25) is 0 Å². The summed E-state index contributed by atoms with van der Waals surface area (Å²) in [6.07, 6.45) is 0.780. The van der Waals surface area contributed by atoms with E-state index in [1.54, 1.807) is 12.1 Å². The van der Waals surface area contributed by atoms with Crippen LogP contribution < -0.4 is 11.1 Å². The molecule has 1 aromatic rings. The lowest BCUT2D eigenvalue weighted by Gasteiger charge is -2.04. The molecule has 6 nitrogen and oxygen atoms in total. The summed E-state index contributed by atoms with van der Waals surface area (Å²) in [6, 6.07) is 3.09. The van der Waals surface area contributed by atoms with E-state index >= 15 is 0 Å². The Bertz CT molecular complexity index is 326. The van der Waals surface area contributed by atoms with Gasteiger partial charge in [0, 0.05) is 19.8 Å². The van der Waals surface area contributed by atoms with Crippen molar-refractivity contribution in [1.29, 1.82) is 0 Å². The zero-order valence-electron chi connectivity index (χ0n) is 9.27. The van der Waals surface area contributed by atoms with E-state index in [1.807, 2.05) is 6.92 Å². The number of anilines is 1. The minimum absolute atomic E-state index is 0.246. The molecule has 1 heterocycles. The third-order valence-electron chi connectivity index (χ3n) is 1.87. The summed E-state index contributed by atoms with van der Waals surface area (Å²) in [5, 5.41) is 9.99. The van der Waals surface area contributed by atoms with Crippen LogP contribution in [0, 0.1) is 0 Å². The van der Waals surface area contributed by atoms with E-state index in [9.17, 15) is 4.79 Å². The van der Waals surface area contributed by atoms with Crippen molar-refractivity contribution >= 4 is 11.7 Å². The number of nitrogens with zero attached hydrogens (tertiary/aromatic N) is 2. The van der Waals surface area contributed by atoms with Crippen molar-refractivity contribution in [3.8, 4) is 0 Å². The summed E-state index contributed by atoms with van der Waals surface area (Å²) < 4.78 is 5.14. The molecule has 1 amide bonds. The Morgan fingerprint density at radius 3 is 2.94 bits per heavy atom. The summed E-state index contributed by atoms with van der Waals surface area (Å²) in [7, 11) is 0. The fourth-order valence-electron chi connectivity index (χ4n) is 1.07. The Balaban J connectivity index is 2.27. The van der Waals surface area contributed by atoms with E-state index in [-0.39, 0.29) is 11.6 Å². The highest BCUT2D eigenvalue weighted by atomic mass is 16.5. The van der Waals surface area contributed by atoms with Crippen LogP contribution in [0.2, 0.25) is 0 Å². The summed E-state index contributed by atoms with van der Waals surface area (Å²) in [4.78, 5) is 11.5. The van der Waals surface area contributed by atoms with Crippen LogP contribution in [0.25, 0.3) is 0 Å². The molecule has 0 radical (unpaired) electrons. The zero-order valence-corrected chi connectivity index (χ0v) is 9.27. The maximum atomic E-state index is 11.5. The first-order valence-electron chi connectivity index (χ1n) is 5.19.